The first-order chi connectivity index (χ1) is 27.6. The van der Waals surface area contributed by atoms with Crippen molar-refractivity contribution in [1.82, 2.24) is 25.2 Å². The zero-order valence-electron chi connectivity index (χ0n) is 33.2. The summed E-state index contributed by atoms with van der Waals surface area (Å²) in [6.07, 6.45) is -1.62. The van der Waals surface area contributed by atoms with Gasteiger partial charge in [-0.2, -0.15) is 13.2 Å². The first-order valence-electron chi connectivity index (χ1n) is 19.3. The van der Waals surface area contributed by atoms with E-state index in [0.29, 0.717) is 38.5 Å². The summed E-state index contributed by atoms with van der Waals surface area (Å²) in [6.45, 7) is 3.26. The molecule has 4 amide bonds. The molecular formula is C39H48F5N5O9S. The van der Waals surface area contributed by atoms with Crippen molar-refractivity contribution in [2.45, 2.75) is 113 Å². The minimum Gasteiger partial charge on any atom is -0.496 e. The second kappa shape index (κ2) is 16.0. The number of fused-ring (bicyclic) bond motifs is 3. The van der Waals surface area contributed by atoms with Gasteiger partial charge in [-0.15, -0.1) is 0 Å². The maximum absolute atomic E-state index is 14.7. The molecule has 2 aliphatic carbocycles. The number of hydrogen-bond acceptors (Lipinski definition) is 10. The van der Waals surface area contributed by atoms with Crippen molar-refractivity contribution in [2.75, 3.05) is 20.3 Å². The zero-order chi connectivity index (χ0) is 43.3. The summed E-state index contributed by atoms with van der Waals surface area (Å²) in [4.78, 5) is 61.5. The highest BCUT2D eigenvalue weighted by Gasteiger charge is 2.64. The van der Waals surface area contributed by atoms with Crippen LogP contribution in [-0.4, -0.2) is 103 Å². The first kappa shape index (κ1) is 43.8. The summed E-state index contributed by atoms with van der Waals surface area (Å²) in [5.41, 5.74) is -4.74. The number of nitrogens with one attached hydrogen (secondary N) is 3. The lowest BCUT2D eigenvalue weighted by molar-refractivity contribution is -0.244. The van der Waals surface area contributed by atoms with E-state index >= 15 is 0 Å². The van der Waals surface area contributed by atoms with Crippen molar-refractivity contribution in [2.24, 2.45) is 17.8 Å². The molecule has 3 fully saturated rings. The van der Waals surface area contributed by atoms with Crippen LogP contribution in [0.25, 0.3) is 10.8 Å². The fourth-order valence-electron chi connectivity index (χ4n) is 7.81. The van der Waals surface area contributed by atoms with Crippen LogP contribution >= 0.6 is 0 Å². The molecule has 2 saturated carbocycles. The quantitative estimate of drug-likeness (QED) is 0.229. The fourth-order valence-corrected chi connectivity index (χ4v) is 9.23. The number of rotatable bonds is 9. The largest absolute Gasteiger partial charge is 0.496 e. The molecule has 1 saturated heterocycles. The second-order valence-corrected chi connectivity index (χ2v) is 18.7. The molecule has 0 bridgehead atoms. The smallest absolute Gasteiger partial charge is 0.427 e. The Morgan fingerprint density at radius 2 is 1.81 bits per heavy atom. The highest BCUT2D eigenvalue weighted by atomic mass is 32.2. The number of sulfonamides is 1. The monoisotopic (exact) mass is 857 g/mol. The third-order valence-corrected chi connectivity index (χ3v) is 14.0. The van der Waals surface area contributed by atoms with Crippen molar-refractivity contribution >= 4 is 44.6 Å². The van der Waals surface area contributed by atoms with Crippen LogP contribution in [0.5, 0.6) is 11.6 Å². The van der Waals surface area contributed by atoms with E-state index in [1.54, 1.807) is 25.1 Å². The summed E-state index contributed by atoms with van der Waals surface area (Å²) in [7, 11) is -3.14. The summed E-state index contributed by atoms with van der Waals surface area (Å²) in [6, 6.07) is 0.913. The van der Waals surface area contributed by atoms with E-state index in [1.807, 2.05) is 11.6 Å². The number of amides is 4. The number of hydrogen-bond donors (Lipinski definition) is 3. The Balaban J connectivity index is 1.37. The minimum absolute atomic E-state index is 0.00731. The minimum atomic E-state index is -4.96. The summed E-state index contributed by atoms with van der Waals surface area (Å²) in [5, 5.41) is 5.63. The van der Waals surface area contributed by atoms with Gasteiger partial charge in [0.25, 0.3) is 5.91 Å². The molecule has 4 aliphatic rings. The number of benzene rings is 1. The normalized spacial score (nSPS) is 29.2. The Morgan fingerprint density at radius 3 is 2.46 bits per heavy atom. The van der Waals surface area contributed by atoms with Gasteiger partial charge in [0.05, 0.1) is 19.0 Å². The molecule has 59 heavy (non-hydrogen) atoms. The lowest BCUT2D eigenvalue weighted by Gasteiger charge is -2.34. The van der Waals surface area contributed by atoms with Crippen LogP contribution in [0.1, 0.15) is 72.6 Å². The summed E-state index contributed by atoms with van der Waals surface area (Å²) < 4.78 is 113. The van der Waals surface area contributed by atoms with Gasteiger partial charge in [0.1, 0.15) is 46.7 Å². The number of carbonyl (C=O) groups excluding carboxylic acids is 4. The van der Waals surface area contributed by atoms with E-state index in [9.17, 15) is 49.5 Å². The van der Waals surface area contributed by atoms with Crippen molar-refractivity contribution < 1.29 is 63.8 Å². The second-order valence-electron chi connectivity index (χ2n) is 16.7. The lowest BCUT2D eigenvalue weighted by Crippen LogP contribution is -2.60. The summed E-state index contributed by atoms with van der Waals surface area (Å²) >= 11 is 0. The highest BCUT2D eigenvalue weighted by Crippen LogP contribution is 2.48. The van der Waals surface area contributed by atoms with Crippen LogP contribution in [0.2, 0.25) is 0 Å². The van der Waals surface area contributed by atoms with Gasteiger partial charge in [0.2, 0.25) is 33.3 Å². The summed E-state index contributed by atoms with van der Waals surface area (Å²) in [5.74, 6) is -4.94. The van der Waals surface area contributed by atoms with Gasteiger partial charge in [-0.1, -0.05) is 26.0 Å². The fraction of sp³-hybridized carbons (Fsp3) is 0.615. The van der Waals surface area contributed by atoms with Gasteiger partial charge in [0, 0.05) is 30.0 Å². The van der Waals surface area contributed by atoms with Gasteiger partial charge in [-0.05, 0) is 76.3 Å². The Hall–Kier alpha value is -4.75. The number of alkyl halides is 4. The first-order valence-corrected chi connectivity index (χ1v) is 20.8. The van der Waals surface area contributed by atoms with E-state index in [-0.39, 0.29) is 55.2 Å². The van der Waals surface area contributed by atoms with E-state index < -0.39 is 98.4 Å². The van der Waals surface area contributed by atoms with Crippen LogP contribution in [0.3, 0.4) is 0 Å². The van der Waals surface area contributed by atoms with Crippen molar-refractivity contribution in [3.63, 3.8) is 0 Å². The lowest BCUT2D eigenvalue weighted by atomic mass is 9.88. The van der Waals surface area contributed by atoms with Gasteiger partial charge >= 0.3 is 12.3 Å². The van der Waals surface area contributed by atoms with Crippen molar-refractivity contribution in [3.8, 4) is 11.6 Å². The van der Waals surface area contributed by atoms with E-state index in [4.69, 9.17) is 14.2 Å². The highest BCUT2D eigenvalue weighted by molar-refractivity contribution is 7.91. The molecule has 20 heteroatoms. The molecule has 3 heterocycles. The molecular weight excluding hydrogens is 810 g/mol. The number of allylic oxidation sites excluding steroid dienone is 1. The Kier molecular flexibility index (Phi) is 11.9. The topological polar surface area (TPSA) is 182 Å². The number of aromatic nitrogens is 1. The maximum atomic E-state index is 14.7. The third-order valence-electron chi connectivity index (χ3n) is 11.8. The van der Waals surface area contributed by atoms with Crippen LogP contribution in [0.15, 0.2) is 36.5 Å². The molecule has 7 atom stereocenters. The van der Waals surface area contributed by atoms with Gasteiger partial charge in [-0.3, -0.25) is 19.1 Å². The molecule has 0 unspecified atom stereocenters. The van der Waals surface area contributed by atoms with Crippen LogP contribution in [-0.2, 0) is 29.1 Å². The zero-order valence-corrected chi connectivity index (χ0v) is 34.0. The molecule has 2 aliphatic heterocycles. The van der Waals surface area contributed by atoms with Gasteiger partial charge < -0.3 is 29.7 Å². The Bertz CT molecular complexity index is 2130. The SMILES string of the molecule is COc1cc(F)cc2c(O[C@@H]3C[C@H]4C(=O)N[C@]5(C(=O)NS(=O)(=O)C6(CF)CC6)C[C@H]5/C=C\CC[C@@H](C)C[C@@H](C)[C@H](NC(=O)OC(C)(C)C(F)(F)F)C(=O)N4C3)nccc12. The molecule has 6 rings (SSSR count). The molecule has 0 spiro atoms. The number of nitrogens with zero attached hydrogens (tertiary/aromatic N) is 2. The van der Waals surface area contributed by atoms with Crippen LogP contribution in [0, 0.1) is 23.6 Å². The molecule has 14 nitrogen and oxygen atoms in total. The van der Waals surface area contributed by atoms with E-state index in [2.05, 4.69) is 15.6 Å². The molecule has 1 aromatic carbocycles. The standard InChI is InChI=1S/C39H48F5N5O9S/c1-21-8-6-7-9-23-18-38(23,34(52)48-59(54,55)37(20-40)11-12-37)47-31(50)28-17-25(57-32-27-15-24(41)16-29(56-5)26(27)10-13-45-32)19-49(28)33(51)30(22(2)14-21)46-35(53)58-36(3,4)39(42,43)44/h7,9-10,13,15-16,21-23,25,28,30H,6,8,11-12,14,17-20H2,1-5H3,(H,46,53)(H,47,50)(H,48,52)/b9-7-/t21-,22-,23-,25-,28+,30+,38-/m1/s1. The maximum Gasteiger partial charge on any atom is 0.427 e. The van der Waals surface area contributed by atoms with Gasteiger partial charge in [0.15, 0.2) is 0 Å². The predicted octanol–water partition coefficient (Wildman–Crippen LogP) is 5.00. The van der Waals surface area contributed by atoms with Crippen molar-refractivity contribution in [1.29, 1.82) is 0 Å². The number of alkyl carbamates (subject to hydrolysis) is 1. The Morgan fingerprint density at radius 1 is 1.10 bits per heavy atom. The number of carbonyl (C=O) groups is 4. The average molecular weight is 858 g/mol. The third kappa shape index (κ3) is 8.77. The molecule has 1 aromatic heterocycles. The van der Waals surface area contributed by atoms with Crippen LogP contribution in [0.4, 0.5) is 26.7 Å². The molecule has 3 N–H and O–H groups in total. The number of methoxy groups -OCH3 is 1. The predicted molar refractivity (Wildman–Crippen MR) is 202 cm³/mol. The van der Waals surface area contributed by atoms with E-state index in [1.165, 1.54) is 13.3 Å². The number of pyridine rings is 1. The van der Waals surface area contributed by atoms with Gasteiger partial charge in [-0.25, -0.2) is 27.0 Å². The molecule has 324 valence electrons. The Labute approximate surface area is 338 Å². The number of ether oxygens (including phenoxy) is 3. The number of halogens is 5. The molecule has 2 aromatic rings. The van der Waals surface area contributed by atoms with E-state index in [0.717, 1.165) is 17.0 Å². The average Bonchev–Trinajstić information content (AvgIpc) is 4.06. The van der Waals surface area contributed by atoms with Crippen LogP contribution < -0.4 is 24.8 Å². The van der Waals surface area contributed by atoms with Crippen molar-refractivity contribution in [3.05, 3.63) is 42.4 Å². The molecule has 0 radical (unpaired) electrons.